The zero-order valence-electron chi connectivity index (χ0n) is 12.3. The lowest BCUT2D eigenvalue weighted by atomic mass is 10.0. The number of rotatable bonds is 7. The van der Waals surface area contributed by atoms with Gasteiger partial charge in [0.1, 0.15) is 0 Å². The smallest absolute Gasteiger partial charge is 0.0538 e. The highest BCUT2D eigenvalue weighted by molar-refractivity contribution is 5.22. The van der Waals surface area contributed by atoms with Gasteiger partial charge in [0.2, 0.25) is 0 Å². The molecule has 0 bridgehead atoms. The fourth-order valence-electron chi connectivity index (χ4n) is 2.32. The highest BCUT2D eigenvalue weighted by Crippen LogP contribution is 2.18. The SMILES string of the molecule is CCCn1cc(C(CCc2ccc(C)cc2)NN)cn1. The molecule has 1 heterocycles. The van der Waals surface area contributed by atoms with Crippen LogP contribution in [0, 0.1) is 6.92 Å². The Morgan fingerprint density at radius 1 is 1.30 bits per heavy atom. The number of hydrogen-bond donors (Lipinski definition) is 2. The van der Waals surface area contributed by atoms with Crippen molar-refractivity contribution < 1.29 is 0 Å². The minimum atomic E-state index is 0.155. The molecule has 1 aromatic heterocycles. The summed E-state index contributed by atoms with van der Waals surface area (Å²) in [6.07, 6.45) is 7.06. The van der Waals surface area contributed by atoms with Crippen molar-refractivity contribution in [3.8, 4) is 0 Å². The minimum absolute atomic E-state index is 0.155. The summed E-state index contributed by atoms with van der Waals surface area (Å²) in [5, 5.41) is 4.36. The van der Waals surface area contributed by atoms with Crippen LogP contribution in [0.5, 0.6) is 0 Å². The first-order valence-corrected chi connectivity index (χ1v) is 7.27. The Hall–Kier alpha value is -1.65. The Bertz CT molecular complexity index is 516. The van der Waals surface area contributed by atoms with Crippen molar-refractivity contribution in [3.05, 3.63) is 53.3 Å². The Morgan fingerprint density at radius 3 is 2.70 bits per heavy atom. The molecule has 1 unspecified atom stereocenters. The lowest BCUT2D eigenvalue weighted by Crippen LogP contribution is -2.28. The topological polar surface area (TPSA) is 55.9 Å². The number of hydrogen-bond acceptors (Lipinski definition) is 3. The third-order valence-electron chi connectivity index (χ3n) is 3.55. The molecule has 0 fully saturated rings. The van der Waals surface area contributed by atoms with Gasteiger partial charge in [-0.05, 0) is 31.7 Å². The van der Waals surface area contributed by atoms with E-state index in [1.807, 2.05) is 10.9 Å². The second kappa shape index (κ2) is 7.22. The molecule has 0 aliphatic carbocycles. The van der Waals surface area contributed by atoms with E-state index >= 15 is 0 Å². The van der Waals surface area contributed by atoms with Crippen molar-refractivity contribution in [1.82, 2.24) is 15.2 Å². The van der Waals surface area contributed by atoms with Crippen molar-refractivity contribution in [3.63, 3.8) is 0 Å². The van der Waals surface area contributed by atoms with E-state index in [9.17, 15) is 0 Å². The van der Waals surface area contributed by atoms with Gasteiger partial charge in [-0.15, -0.1) is 0 Å². The molecule has 0 aliphatic heterocycles. The lowest BCUT2D eigenvalue weighted by Gasteiger charge is -2.14. The second-order valence-corrected chi connectivity index (χ2v) is 5.28. The first-order chi connectivity index (χ1) is 9.72. The van der Waals surface area contributed by atoms with Crippen LogP contribution in [0.25, 0.3) is 0 Å². The summed E-state index contributed by atoms with van der Waals surface area (Å²) in [4.78, 5) is 0. The first kappa shape index (κ1) is 14.8. The van der Waals surface area contributed by atoms with E-state index in [4.69, 9.17) is 5.84 Å². The standard InChI is InChI=1S/C16H24N4/c1-3-10-20-12-15(11-18-20)16(19-17)9-8-14-6-4-13(2)5-7-14/h4-7,11-12,16,19H,3,8-10,17H2,1-2H3. The molecule has 2 aromatic rings. The van der Waals surface area contributed by atoms with Gasteiger partial charge in [-0.2, -0.15) is 5.10 Å². The number of aryl methyl sites for hydroxylation is 3. The Balaban J connectivity index is 1.95. The highest BCUT2D eigenvalue weighted by Gasteiger charge is 2.12. The van der Waals surface area contributed by atoms with Crippen molar-refractivity contribution in [1.29, 1.82) is 0 Å². The Kier molecular flexibility index (Phi) is 5.32. The van der Waals surface area contributed by atoms with Crippen LogP contribution in [0.3, 0.4) is 0 Å². The number of nitrogens with zero attached hydrogens (tertiary/aromatic N) is 2. The Morgan fingerprint density at radius 2 is 2.05 bits per heavy atom. The summed E-state index contributed by atoms with van der Waals surface area (Å²) in [5.74, 6) is 5.69. The van der Waals surface area contributed by atoms with E-state index < -0.39 is 0 Å². The molecule has 0 saturated carbocycles. The van der Waals surface area contributed by atoms with Gasteiger partial charge in [0, 0.05) is 24.3 Å². The number of nitrogens with two attached hydrogens (primary N) is 1. The molecule has 0 radical (unpaired) electrons. The van der Waals surface area contributed by atoms with Crippen LogP contribution < -0.4 is 11.3 Å². The van der Waals surface area contributed by atoms with Crippen LogP contribution in [0.2, 0.25) is 0 Å². The van der Waals surface area contributed by atoms with E-state index in [-0.39, 0.29) is 6.04 Å². The summed E-state index contributed by atoms with van der Waals surface area (Å²) in [6.45, 7) is 5.21. The van der Waals surface area contributed by atoms with Crippen LogP contribution in [0.4, 0.5) is 0 Å². The summed E-state index contributed by atoms with van der Waals surface area (Å²) in [7, 11) is 0. The summed E-state index contributed by atoms with van der Waals surface area (Å²) in [6, 6.07) is 8.83. The van der Waals surface area contributed by atoms with E-state index in [0.717, 1.165) is 31.4 Å². The van der Waals surface area contributed by atoms with E-state index in [0.29, 0.717) is 0 Å². The van der Waals surface area contributed by atoms with Crippen molar-refractivity contribution in [2.24, 2.45) is 5.84 Å². The van der Waals surface area contributed by atoms with Crippen LogP contribution in [-0.4, -0.2) is 9.78 Å². The predicted molar refractivity (Wildman–Crippen MR) is 82.1 cm³/mol. The molecule has 0 saturated heterocycles. The molecule has 4 nitrogen and oxygen atoms in total. The average Bonchev–Trinajstić information content (AvgIpc) is 2.91. The van der Waals surface area contributed by atoms with E-state index in [1.54, 1.807) is 0 Å². The second-order valence-electron chi connectivity index (χ2n) is 5.28. The molecule has 4 heteroatoms. The van der Waals surface area contributed by atoms with Crippen LogP contribution in [0.15, 0.2) is 36.7 Å². The molecule has 1 aromatic carbocycles. The monoisotopic (exact) mass is 272 g/mol. The Labute approximate surface area is 121 Å². The molecule has 3 N–H and O–H groups in total. The largest absolute Gasteiger partial charge is 0.272 e. The number of aromatic nitrogens is 2. The van der Waals surface area contributed by atoms with Crippen molar-refractivity contribution in [2.45, 2.75) is 45.7 Å². The molecule has 108 valence electrons. The van der Waals surface area contributed by atoms with Gasteiger partial charge in [-0.25, -0.2) is 0 Å². The lowest BCUT2D eigenvalue weighted by molar-refractivity contribution is 0.514. The number of nitrogens with one attached hydrogen (secondary N) is 1. The van der Waals surface area contributed by atoms with Crippen molar-refractivity contribution in [2.75, 3.05) is 0 Å². The van der Waals surface area contributed by atoms with E-state index in [1.165, 1.54) is 11.1 Å². The zero-order valence-corrected chi connectivity index (χ0v) is 12.3. The normalized spacial score (nSPS) is 12.6. The molecule has 20 heavy (non-hydrogen) atoms. The molecule has 0 amide bonds. The quantitative estimate of drug-likeness (QED) is 0.602. The van der Waals surface area contributed by atoms with Gasteiger partial charge in [0.05, 0.1) is 6.20 Å². The summed E-state index contributed by atoms with van der Waals surface area (Å²) >= 11 is 0. The van der Waals surface area contributed by atoms with E-state index in [2.05, 4.69) is 54.8 Å². The van der Waals surface area contributed by atoms with Gasteiger partial charge in [-0.3, -0.25) is 16.0 Å². The molecule has 0 aliphatic rings. The fourth-order valence-corrected chi connectivity index (χ4v) is 2.32. The van der Waals surface area contributed by atoms with Crippen LogP contribution in [0.1, 0.15) is 42.5 Å². The zero-order chi connectivity index (χ0) is 14.4. The average molecular weight is 272 g/mol. The van der Waals surface area contributed by atoms with Gasteiger partial charge in [-0.1, -0.05) is 36.8 Å². The van der Waals surface area contributed by atoms with Gasteiger partial charge in [0.25, 0.3) is 0 Å². The molecule has 1 atom stereocenters. The number of benzene rings is 1. The molecular weight excluding hydrogens is 248 g/mol. The maximum absolute atomic E-state index is 5.69. The van der Waals surface area contributed by atoms with Gasteiger partial charge in [0.15, 0.2) is 0 Å². The number of hydrazine groups is 1. The van der Waals surface area contributed by atoms with Gasteiger partial charge >= 0.3 is 0 Å². The third-order valence-corrected chi connectivity index (χ3v) is 3.55. The van der Waals surface area contributed by atoms with Crippen molar-refractivity contribution >= 4 is 0 Å². The molecule has 0 spiro atoms. The van der Waals surface area contributed by atoms with Crippen LogP contribution in [-0.2, 0) is 13.0 Å². The summed E-state index contributed by atoms with van der Waals surface area (Å²) in [5.41, 5.74) is 6.70. The van der Waals surface area contributed by atoms with Gasteiger partial charge < -0.3 is 0 Å². The fraction of sp³-hybridized carbons (Fsp3) is 0.438. The molecular formula is C16H24N4. The predicted octanol–water partition coefficient (Wildman–Crippen LogP) is 2.74. The molecule has 2 rings (SSSR count). The van der Waals surface area contributed by atoms with Crippen LogP contribution >= 0.6 is 0 Å². The minimum Gasteiger partial charge on any atom is -0.272 e. The maximum atomic E-state index is 5.69. The summed E-state index contributed by atoms with van der Waals surface area (Å²) < 4.78 is 1.98. The maximum Gasteiger partial charge on any atom is 0.0538 e. The first-order valence-electron chi connectivity index (χ1n) is 7.27. The third kappa shape index (κ3) is 3.92. The highest BCUT2D eigenvalue weighted by atomic mass is 15.3.